The van der Waals surface area contributed by atoms with Crippen LogP contribution < -0.4 is 0 Å². The fraction of sp³-hybridized carbons (Fsp3) is 0. The minimum atomic E-state index is 0.797. The molecule has 18 heavy (non-hydrogen) atoms. The van der Waals surface area contributed by atoms with Crippen LogP contribution in [0.3, 0.4) is 0 Å². The van der Waals surface area contributed by atoms with Crippen molar-refractivity contribution >= 4 is 27.8 Å². The van der Waals surface area contributed by atoms with Crippen molar-refractivity contribution in [1.29, 1.82) is 0 Å². The molecular weight excluding hydrogens is 244 g/mol. The Morgan fingerprint density at radius 1 is 1.00 bits per heavy atom. The second-order valence-electron chi connectivity index (χ2n) is 3.97. The molecule has 1 aromatic carbocycles. The first-order chi connectivity index (χ1) is 8.93. The van der Waals surface area contributed by atoms with Crippen LogP contribution in [0.2, 0.25) is 0 Å². The SMILES string of the molecule is c1csc(-c2nnc3c4ccccc4cnn23)c1. The van der Waals surface area contributed by atoms with E-state index >= 15 is 0 Å². The molecule has 0 saturated heterocycles. The summed E-state index contributed by atoms with van der Waals surface area (Å²) in [5.74, 6) is 0.797. The fourth-order valence-electron chi connectivity index (χ4n) is 2.05. The van der Waals surface area contributed by atoms with E-state index in [4.69, 9.17) is 0 Å². The summed E-state index contributed by atoms with van der Waals surface area (Å²) in [7, 11) is 0. The molecule has 0 spiro atoms. The Morgan fingerprint density at radius 2 is 1.94 bits per heavy atom. The lowest BCUT2D eigenvalue weighted by Gasteiger charge is -1.99. The van der Waals surface area contributed by atoms with E-state index in [1.165, 1.54) is 0 Å². The first kappa shape index (κ1) is 9.73. The van der Waals surface area contributed by atoms with Crippen molar-refractivity contribution in [3.05, 3.63) is 48.0 Å². The van der Waals surface area contributed by atoms with Crippen LogP contribution >= 0.6 is 11.3 Å². The van der Waals surface area contributed by atoms with Gasteiger partial charge in [-0.3, -0.25) is 0 Å². The van der Waals surface area contributed by atoms with Crippen LogP contribution in [0.1, 0.15) is 0 Å². The Kier molecular flexibility index (Phi) is 1.95. The van der Waals surface area contributed by atoms with Gasteiger partial charge in [0.25, 0.3) is 0 Å². The number of rotatable bonds is 1. The molecule has 0 amide bonds. The lowest BCUT2D eigenvalue weighted by Crippen LogP contribution is -1.93. The Hall–Kier alpha value is -2.27. The smallest absolute Gasteiger partial charge is 0.191 e. The molecule has 0 bridgehead atoms. The maximum Gasteiger partial charge on any atom is 0.195 e. The quantitative estimate of drug-likeness (QED) is 0.523. The van der Waals surface area contributed by atoms with Crippen LogP contribution in [0.25, 0.3) is 27.1 Å². The van der Waals surface area contributed by atoms with Gasteiger partial charge in [0.1, 0.15) is 0 Å². The second kappa shape index (κ2) is 3.61. The number of thiophene rings is 1. The standard InChI is InChI=1S/C13H8N4S/c1-2-5-10-9(4-1)8-14-17-12(10)15-16-13(17)11-6-3-7-18-11/h1-8H. The zero-order valence-corrected chi connectivity index (χ0v) is 10.1. The summed E-state index contributed by atoms with van der Waals surface area (Å²) in [6, 6.07) is 12.1. The summed E-state index contributed by atoms with van der Waals surface area (Å²) in [6.45, 7) is 0. The summed E-state index contributed by atoms with van der Waals surface area (Å²) in [4.78, 5) is 1.07. The highest BCUT2D eigenvalue weighted by Gasteiger charge is 2.11. The highest BCUT2D eigenvalue weighted by molar-refractivity contribution is 7.13. The molecule has 3 aromatic heterocycles. The van der Waals surface area contributed by atoms with Crippen molar-refractivity contribution in [2.24, 2.45) is 0 Å². The van der Waals surface area contributed by atoms with Crippen molar-refractivity contribution in [3.8, 4) is 10.7 Å². The van der Waals surface area contributed by atoms with Crippen molar-refractivity contribution in [2.75, 3.05) is 0 Å². The van der Waals surface area contributed by atoms with Gasteiger partial charge in [-0.05, 0) is 11.4 Å². The van der Waals surface area contributed by atoms with Crippen molar-refractivity contribution in [1.82, 2.24) is 19.8 Å². The summed E-state index contributed by atoms with van der Waals surface area (Å²) in [5, 5.41) is 17.1. The van der Waals surface area contributed by atoms with Crippen LogP contribution in [0.4, 0.5) is 0 Å². The first-order valence-electron chi connectivity index (χ1n) is 5.56. The number of fused-ring (bicyclic) bond motifs is 3. The molecule has 3 heterocycles. The van der Waals surface area contributed by atoms with E-state index in [2.05, 4.69) is 15.3 Å². The predicted octanol–water partition coefficient (Wildman–Crippen LogP) is 3.01. The molecule has 0 aliphatic carbocycles. The molecule has 0 aliphatic heterocycles. The van der Waals surface area contributed by atoms with E-state index in [0.717, 1.165) is 27.1 Å². The Labute approximate surface area is 107 Å². The van der Waals surface area contributed by atoms with E-state index in [0.29, 0.717) is 0 Å². The third-order valence-corrected chi connectivity index (χ3v) is 3.76. The number of nitrogens with zero attached hydrogens (tertiary/aromatic N) is 4. The first-order valence-corrected chi connectivity index (χ1v) is 6.44. The van der Waals surface area contributed by atoms with Crippen molar-refractivity contribution in [3.63, 3.8) is 0 Å². The number of hydrogen-bond donors (Lipinski definition) is 0. The Bertz CT molecular complexity index is 833. The summed E-state index contributed by atoms with van der Waals surface area (Å²) < 4.78 is 1.80. The number of aromatic nitrogens is 4. The lowest BCUT2D eigenvalue weighted by molar-refractivity contribution is 0.949. The average Bonchev–Trinajstić information content (AvgIpc) is 3.07. The van der Waals surface area contributed by atoms with Crippen LogP contribution in [0.15, 0.2) is 48.0 Å². The largest absolute Gasteiger partial charge is 0.195 e. The summed E-state index contributed by atoms with van der Waals surface area (Å²) in [6.07, 6.45) is 1.85. The molecule has 4 nitrogen and oxygen atoms in total. The monoisotopic (exact) mass is 252 g/mol. The molecule has 4 rings (SSSR count). The molecule has 0 saturated carbocycles. The molecular formula is C13H8N4S. The summed E-state index contributed by atoms with van der Waals surface area (Å²) >= 11 is 1.64. The molecule has 5 heteroatoms. The van der Waals surface area contributed by atoms with E-state index in [1.807, 2.05) is 48.0 Å². The average molecular weight is 252 g/mol. The molecule has 0 atom stereocenters. The Balaban J connectivity index is 2.12. The van der Waals surface area contributed by atoms with Crippen molar-refractivity contribution < 1.29 is 0 Å². The zero-order valence-electron chi connectivity index (χ0n) is 9.32. The van der Waals surface area contributed by atoms with E-state index in [9.17, 15) is 0 Å². The maximum absolute atomic E-state index is 4.42. The molecule has 0 aliphatic rings. The molecule has 0 radical (unpaired) electrons. The van der Waals surface area contributed by atoms with Gasteiger partial charge in [-0.15, -0.1) is 21.5 Å². The predicted molar refractivity (Wildman–Crippen MR) is 71.6 cm³/mol. The number of hydrogen-bond acceptors (Lipinski definition) is 4. The van der Waals surface area contributed by atoms with Crippen LogP contribution in [0, 0.1) is 0 Å². The zero-order chi connectivity index (χ0) is 11.9. The highest BCUT2D eigenvalue weighted by atomic mass is 32.1. The van der Waals surface area contributed by atoms with Gasteiger partial charge < -0.3 is 0 Å². The van der Waals surface area contributed by atoms with Gasteiger partial charge in [0.05, 0.1) is 11.1 Å². The van der Waals surface area contributed by atoms with Gasteiger partial charge in [-0.2, -0.15) is 9.61 Å². The normalized spacial score (nSPS) is 11.3. The third-order valence-electron chi connectivity index (χ3n) is 2.90. The van der Waals surface area contributed by atoms with Gasteiger partial charge in [0.15, 0.2) is 11.5 Å². The molecule has 0 fully saturated rings. The van der Waals surface area contributed by atoms with E-state index in [-0.39, 0.29) is 0 Å². The molecule has 0 N–H and O–H groups in total. The van der Waals surface area contributed by atoms with Gasteiger partial charge in [0, 0.05) is 10.8 Å². The topological polar surface area (TPSA) is 43.1 Å². The van der Waals surface area contributed by atoms with Gasteiger partial charge in [0.2, 0.25) is 0 Å². The lowest BCUT2D eigenvalue weighted by atomic mass is 10.2. The Morgan fingerprint density at radius 3 is 2.83 bits per heavy atom. The number of benzene rings is 1. The second-order valence-corrected chi connectivity index (χ2v) is 4.92. The van der Waals surface area contributed by atoms with Crippen LogP contribution in [0.5, 0.6) is 0 Å². The van der Waals surface area contributed by atoms with Crippen LogP contribution in [-0.2, 0) is 0 Å². The van der Waals surface area contributed by atoms with Gasteiger partial charge in [-0.1, -0.05) is 30.3 Å². The van der Waals surface area contributed by atoms with E-state index < -0.39 is 0 Å². The molecule has 4 aromatic rings. The molecule has 86 valence electrons. The van der Waals surface area contributed by atoms with Gasteiger partial charge in [-0.25, -0.2) is 0 Å². The minimum Gasteiger partial charge on any atom is -0.191 e. The minimum absolute atomic E-state index is 0.797. The van der Waals surface area contributed by atoms with Gasteiger partial charge >= 0.3 is 0 Å². The van der Waals surface area contributed by atoms with Crippen molar-refractivity contribution in [2.45, 2.75) is 0 Å². The highest BCUT2D eigenvalue weighted by Crippen LogP contribution is 2.25. The van der Waals surface area contributed by atoms with Crippen LogP contribution in [-0.4, -0.2) is 19.8 Å². The third kappa shape index (κ3) is 1.28. The maximum atomic E-state index is 4.42. The molecule has 0 unspecified atom stereocenters. The fourth-order valence-corrected chi connectivity index (χ4v) is 2.74. The summed E-state index contributed by atoms with van der Waals surface area (Å²) in [5.41, 5.74) is 0.802. The van der Waals surface area contributed by atoms with E-state index in [1.54, 1.807) is 15.9 Å².